The molecule has 1 unspecified atom stereocenters. The number of carbonyl (C=O) groups excluding carboxylic acids is 3. The van der Waals surface area contributed by atoms with Crippen LogP contribution >= 0.6 is 0 Å². The van der Waals surface area contributed by atoms with Gasteiger partial charge in [-0.05, 0) is 19.1 Å². The molecule has 22 heavy (non-hydrogen) atoms. The molecule has 1 rings (SSSR count). The van der Waals surface area contributed by atoms with E-state index in [-0.39, 0.29) is 12.4 Å². The van der Waals surface area contributed by atoms with Crippen LogP contribution in [-0.4, -0.2) is 42.4 Å². The van der Waals surface area contributed by atoms with E-state index in [9.17, 15) is 24.5 Å². The summed E-state index contributed by atoms with van der Waals surface area (Å²) >= 11 is 0. The summed E-state index contributed by atoms with van der Waals surface area (Å²) in [5.74, 6) is -4.49. The molecule has 0 aromatic carbocycles. The van der Waals surface area contributed by atoms with Crippen molar-refractivity contribution in [2.45, 2.75) is 25.3 Å². The van der Waals surface area contributed by atoms with E-state index in [0.717, 1.165) is 7.11 Å². The minimum atomic E-state index is -1.86. The normalized spacial score (nSPS) is 13.0. The number of Topliss-reactive ketones (excluding diaryl/α,β-unsaturated/α-hetero) is 1. The van der Waals surface area contributed by atoms with Gasteiger partial charge in [-0.3, -0.25) is 14.9 Å². The molecule has 1 aromatic rings. The van der Waals surface area contributed by atoms with E-state index < -0.39 is 41.0 Å². The second-order valence-electron chi connectivity index (χ2n) is 4.22. The first kappa shape index (κ1) is 17.3. The number of ketones is 1. The Kier molecular flexibility index (Phi) is 6.24. The summed E-state index contributed by atoms with van der Waals surface area (Å²) in [5.41, 5.74) is 0. The summed E-state index contributed by atoms with van der Waals surface area (Å²) < 4.78 is 14.0. The second kappa shape index (κ2) is 7.91. The highest BCUT2D eigenvalue weighted by Crippen LogP contribution is 2.27. The first-order valence-corrected chi connectivity index (χ1v) is 6.37. The van der Waals surface area contributed by atoms with Crippen LogP contribution in [0.15, 0.2) is 22.8 Å². The molecule has 1 aromatic heterocycles. The Morgan fingerprint density at radius 3 is 2.55 bits per heavy atom. The molecule has 9 nitrogen and oxygen atoms in total. The highest BCUT2D eigenvalue weighted by atomic mass is 16.6. The van der Waals surface area contributed by atoms with Crippen molar-refractivity contribution in [3.63, 3.8) is 0 Å². The SMILES string of the molecule is CCOC(=O)C([C@H](CC(=O)C(=O)OC)c1ccco1)[N+](=O)[O-]. The number of hydrogen-bond acceptors (Lipinski definition) is 8. The topological polar surface area (TPSA) is 126 Å². The van der Waals surface area contributed by atoms with Crippen LogP contribution in [0.3, 0.4) is 0 Å². The van der Waals surface area contributed by atoms with Gasteiger partial charge in [0, 0.05) is 11.3 Å². The minimum Gasteiger partial charge on any atom is -0.469 e. The number of esters is 2. The zero-order valence-electron chi connectivity index (χ0n) is 12.0. The van der Waals surface area contributed by atoms with Crippen LogP contribution < -0.4 is 0 Å². The van der Waals surface area contributed by atoms with E-state index in [2.05, 4.69) is 9.47 Å². The average molecular weight is 313 g/mol. The Labute approximate surface area is 125 Å². The van der Waals surface area contributed by atoms with Gasteiger partial charge in [-0.2, -0.15) is 0 Å². The molecule has 2 atom stereocenters. The highest BCUT2D eigenvalue weighted by molar-refractivity contribution is 6.33. The quantitative estimate of drug-likeness (QED) is 0.297. The van der Waals surface area contributed by atoms with E-state index >= 15 is 0 Å². The van der Waals surface area contributed by atoms with Gasteiger partial charge in [-0.15, -0.1) is 0 Å². The average Bonchev–Trinajstić information content (AvgIpc) is 2.99. The van der Waals surface area contributed by atoms with Crippen LogP contribution in [0.2, 0.25) is 0 Å². The first-order valence-electron chi connectivity index (χ1n) is 6.37. The Bertz CT molecular complexity index is 550. The zero-order valence-corrected chi connectivity index (χ0v) is 12.0. The molecule has 120 valence electrons. The lowest BCUT2D eigenvalue weighted by molar-refractivity contribution is -0.515. The van der Waals surface area contributed by atoms with Crippen molar-refractivity contribution in [3.8, 4) is 0 Å². The maximum Gasteiger partial charge on any atom is 0.382 e. The summed E-state index contributed by atoms with van der Waals surface area (Å²) in [6.07, 6.45) is 0.637. The van der Waals surface area contributed by atoms with Gasteiger partial charge in [-0.1, -0.05) is 0 Å². The molecule has 0 spiro atoms. The number of nitrogens with zero attached hydrogens (tertiary/aromatic N) is 1. The lowest BCUT2D eigenvalue weighted by Gasteiger charge is -2.16. The molecule has 0 N–H and O–H groups in total. The van der Waals surface area contributed by atoms with E-state index in [1.54, 1.807) is 0 Å². The zero-order chi connectivity index (χ0) is 16.7. The largest absolute Gasteiger partial charge is 0.469 e. The molecule has 0 radical (unpaired) electrons. The summed E-state index contributed by atoms with van der Waals surface area (Å²) in [7, 11) is 1.01. The Morgan fingerprint density at radius 2 is 2.09 bits per heavy atom. The molecular formula is C13H15NO8. The lowest BCUT2D eigenvalue weighted by Crippen LogP contribution is -2.38. The summed E-state index contributed by atoms with van der Waals surface area (Å²) in [5, 5.41) is 11.2. The molecule has 9 heteroatoms. The maximum atomic E-state index is 11.8. The van der Waals surface area contributed by atoms with Crippen LogP contribution in [0, 0.1) is 10.1 Å². The predicted octanol–water partition coefficient (Wildman–Crippen LogP) is 0.704. The first-order chi connectivity index (χ1) is 10.4. The molecule has 0 aliphatic heterocycles. The molecule has 0 bridgehead atoms. The number of hydrogen-bond donors (Lipinski definition) is 0. The number of ether oxygens (including phenoxy) is 2. The molecule has 0 aliphatic carbocycles. The number of nitro groups is 1. The van der Waals surface area contributed by atoms with Crippen LogP contribution in [0.25, 0.3) is 0 Å². The van der Waals surface area contributed by atoms with Gasteiger partial charge in [-0.25, -0.2) is 9.59 Å². The fourth-order valence-corrected chi connectivity index (χ4v) is 1.89. The van der Waals surface area contributed by atoms with Crippen LogP contribution in [-0.2, 0) is 23.9 Å². The van der Waals surface area contributed by atoms with Gasteiger partial charge in [0.25, 0.3) is 0 Å². The van der Waals surface area contributed by atoms with Crippen LogP contribution in [0.5, 0.6) is 0 Å². The molecule has 0 aliphatic rings. The number of furan rings is 1. The maximum absolute atomic E-state index is 11.8. The van der Waals surface area contributed by atoms with Crippen molar-refractivity contribution in [3.05, 3.63) is 34.3 Å². The van der Waals surface area contributed by atoms with Gasteiger partial charge in [0.15, 0.2) is 0 Å². The third kappa shape index (κ3) is 4.14. The third-order valence-electron chi connectivity index (χ3n) is 2.86. The fraction of sp³-hybridized carbons (Fsp3) is 0.462. The third-order valence-corrected chi connectivity index (χ3v) is 2.86. The molecule has 0 saturated heterocycles. The Hall–Kier alpha value is -2.71. The van der Waals surface area contributed by atoms with Gasteiger partial charge >= 0.3 is 18.0 Å². The fourth-order valence-electron chi connectivity index (χ4n) is 1.89. The van der Waals surface area contributed by atoms with Gasteiger partial charge in [0.2, 0.25) is 5.78 Å². The van der Waals surface area contributed by atoms with Crippen LogP contribution in [0.4, 0.5) is 0 Å². The second-order valence-corrected chi connectivity index (χ2v) is 4.22. The standard InChI is InChI=1S/C13H15NO8/c1-3-21-13(17)11(14(18)19)8(10-5-4-6-22-10)7-9(15)12(16)20-2/h4-6,8,11H,3,7H2,1-2H3/t8-,11?/m1/s1. The Balaban J connectivity index is 3.12. The predicted molar refractivity (Wildman–Crippen MR) is 70.5 cm³/mol. The smallest absolute Gasteiger partial charge is 0.382 e. The molecule has 0 fully saturated rings. The molecule has 0 amide bonds. The summed E-state index contributed by atoms with van der Waals surface area (Å²) in [6.45, 7) is 1.44. The highest BCUT2D eigenvalue weighted by Gasteiger charge is 2.44. The van der Waals surface area contributed by atoms with E-state index in [1.807, 2.05) is 0 Å². The molecular weight excluding hydrogens is 298 g/mol. The van der Waals surface area contributed by atoms with E-state index in [4.69, 9.17) is 4.42 Å². The van der Waals surface area contributed by atoms with E-state index in [0.29, 0.717) is 0 Å². The van der Waals surface area contributed by atoms with Crippen LogP contribution in [0.1, 0.15) is 25.0 Å². The number of rotatable bonds is 8. The van der Waals surface area contributed by atoms with E-state index in [1.165, 1.54) is 25.3 Å². The van der Waals surface area contributed by atoms with Crippen molar-refractivity contribution in [2.24, 2.45) is 0 Å². The van der Waals surface area contributed by atoms with Gasteiger partial charge < -0.3 is 13.9 Å². The Morgan fingerprint density at radius 1 is 1.41 bits per heavy atom. The van der Waals surface area contributed by atoms with Crippen molar-refractivity contribution in [2.75, 3.05) is 13.7 Å². The van der Waals surface area contributed by atoms with Crippen molar-refractivity contribution in [1.82, 2.24) is 0 Å². The molecule has 1 heterocycles. The van der Waals surface area contributed by atoms with Crippen molar-refractivity contribution >= 4 is 17.7 Å². The summed E-state index contributed by atoms with van der Waals surface area (Å²) in [4.78, 5) is 45.1. The summed E-state index contributed by atoms with van der Waals surface area (Å²) in [6, 6.07) is 0.970. The molecule has 0 saturated carbocycles. The van der Waals surface area contributed by atoms with Crippen molar-refractivity contribution < 1.29 is 33.2 Å². The lowest BCUT2D eigenvalue weighted by atomic mass is 9.91. The minimum absolute atomic E-state index is 0.0343. The van der Waals surface area contributed by atoms with Crippen molar-refractivity contribution in [1.29, 1.82) is 0 Å². The number of carbonyl (C=O) groups is 3. The number of methoxy groups -OCH3 is 1. The van der Waals surface area contributed by atoms with Gasteiger partial charge in [0.05, 0.1) is 20.0 Å². The van der Waals surface area contributed by atoms with Gasteiger partial charge in [0.1, 0.15) is 11.7 Å². The monoisotopic (exact) mass is 313 g/mol.